The standard InChI is InChI=1S/C16H15F3N2OS/c1-3-13-10(2)23-15(20-13)21-14(22)9-12(16(17,18)19)11-7-5-4-6-8-11/h4-9H,3H2,1-2H3,(H,20,21,22)/b12-9-. The smallest absolute Gasteiger partial charge is 0.298 e. The molecule has 0 aliphatic heterocycles. The molecule has 0 spiro atoms. The van der Waals surface area contributed by atoms with Crippen molar-refractivity contribution in [3.8, 4) is 0 Å². The Morgan fingerprint density at radius 1 is 1.30 bits per heavy atom. The van der Waals surface area contributed by atoms with Crippen LogP contribution in [0.15, 0.2) is 36.4 Å². The third kappa shape index (κ3) is 4.41. The van der Waals surface area contributed by atoms with Gasteiger partial charge in [0, 0.05) is 11.0 Å². The molecule has 0 radical (unpaired) electrons. The summed E-state index contributed by atoms with van der Waals surface area (Å²) >= 11 is 1.24. The van der Waals surface area contributed by atoms with Crippen molar-refractivity contribution in [2.45, 2.75) is 26.4 Å². The van der Waals surface area contributed by atoms with Crippen LogP contribution in [0.25, 0.3) is 5.57 Å². The lowest BCUT2D eigenvalue weighted by atomic mass is 10.1. The topological polar surface area (TPSA) is 42.0 Å². The molecule has 7 heteroatoms. The van der Waals surface area contributed by atoms with E-state index in [1.165, 1.54) is 35.6 Å². The van der Waals surface area contributed by atoms with Gasteiger partial charge in [0.25, 0.3) is 5.91 Å². The molecule has 0 saturated heterocycles. The number of alkyl halides is 3. The molecule has 0 aliphatic carbocycles. The molecular weight excluding hydrogens is 325 g/mol. The third-order valence-corrected chi connectivity index (χ3v) is 4.05. The molecule has 0 fully saturated rings. The molecule has 1 aromatic heterocycles. The number of thiazole rings is 1. The predicted octanol–water partition coefficient (Wildman–Crippen LogP) is 4.60. The molecule has 0 saturated carbocycles. The van der Waals surface area contributed by atoms with Crippen molar-refractivity contribution in [1.29, 1.82) is 0 Å². The molecule has 23 heavy (non-hydrogen) atoms. The van der Waals surface area contributed by atoms with Gasteiger partial charge in [-0.05, 0) is 18.9 Å². The third-order valence-electron chi connectivity index (χ3n) is 3.12. The number of aryl methyl sites for hydroxylation is 2. The van der Waals surface area contributed by atoms with Crippen LogP contribution < -0.4 is 5.32 Å². The van der Waals surface area contributed by atoms with Gasteiger partial charge in [-0.2, -0.15) is 13.2 Å². The maximum atomic E-state index is 13.2. The second-order valence-electron chi connectivity index (χ2n) is 4.79. The zero-order chi connectivity index (χ0) is 17.0. The lowest BCUT2D eigenvalue weighted by molar-refractivity contribution is -0.112. The van der Waals surface area contributed by atoms with Crippen molar-refractivity contribution in [1.82, 2.24) is 4.98 Å². The van der Waals surface area contributed by atoms with E-state index in [9.17, 15) is 18.0 Å². The van der Waals surface area contributed by atoms with Gasteiger partial charge in [0.15, 0.2) is 5.13 Å². The highest BCUT2D eigenvalue weighted by atomic mass is 32.1. The minimum atomic E-state index is -4.62. The normalized spacial score (nSPS) is 12.3. The van der Waals surface area contributed by atoms with Crippen LogP contribution in [0.1, 0.15) is 23.1 Å². The highest BCUT2D eigenvalue weighted by molar-refractivity contribution is 7.15. The summed E-state index contributed by atoms with van der Waals surface area (Å²) < 4.78 is 39.5. The Hall–Kier alpha value is -2.15. The number of anilines is 1. The van der Waals surface area contributed by atoms with Gasteiger partial charge in [-0.15, -0.1) is 11.3 Å². The number of aromatic nitrogens is 1. The summed E-state index contributed by atoms with van der Waals surface area (Å²) in [5.74, 6) is -0.849. The number of rotatable bonds is 4. The molecule has 2 rings (SSSR count). The predicted molar refractivity (Wildman–Crippen MR) is 85.3 cm³/mol. The summed E-state index contributed by atoms with van der Waals surface area (Å²) in [6.07, 6.45) is -3.35. The van der Waals surface area contributed by atoms with E-state index in [0.29, 0.717) is 17.6 Å². The zero-order valence-electron chi connectivity index (χ0n) is 12.6. The molecule has 0 bridgehead atoms. The van der Waals surface area contributed by atoms with Crippen molar-refractivity contribution in [2.24, 2.45) is 0 Å². The van der Waals surface area contributed by atoms with Crippen LogP contribution in [-0.4, -0.2) is 17.1 Å². The maximum absolute atomic E-state index is 13.2. The lowest BCUT2D eigenvalue weighted by Gasteiger charge is -2.11. The number of hydrogen-bond acceptors (Lipinski definition) is 3. The fourth-order valence-corrected chi connectivity index (χ4v) is 2.93. The van der Waals surface area contributed by atoms with Gasteiger partial charge in [0.2, 0.25) is 0 Å². The van der Waals surface area contributed by atoms with E-state index in [-0.39, 0.29) is 5.56 Å². The fraction of sp³-hybridized carbons (Fsp3) is 0.250. The van der Waals surface area contributed by atoms with Crippen molar-refractivity contribution < 1.29 is 18.0 Å². The molecular formula is C16H15F3N2OS. The van der Waals surface area contributed by atoms with Crippen molar-refractivity contribution in [2.75, 3.05) is 5.32 Å². The first-order valence-corrected chi connectivity index (χ1v) is 7.74. The van der Waals surface area contributed by atoms with Gasteiger partial charge in [-0.1, -0.05) is 37.3 Å². The molecule has 1 N–H and O–H groups in total. The molecule has 122 valence electrons. The number of benzene rings is 1. The van der Waals surface area contributed by atoms with Crippen LogP contribution >= 0.6 is 11.3 Å². The molecule has 1 heterocycles. The van der Waals surface area contributed by atoms with Gasteiger partial charge >= 0.3 is 6.18 Å². The van der Waals surface area contributed by atoms with Crippen molar-refractivity contribution >= 4 is 27.9 Å². The Kier molecular flexibility index (Phi) is 5.20. The average molecular weight is 340 g/mol. The quantitative estimate of drug-likeness (QED) is 0.827. The van der Waals surface area contributed by atoms with E-state index < -0.39 is 17.7 Å². The highest BCUT2D eigenvalue weighted by Gasteiger charge is 2.35. The van der Waals surface area contributed by atoms with Crippen molar-refractivity contribution in [3.05, 3.63) is 52.5 Å². The summed E-state index contributed by atoms with van der Waals surface area (Å²) in [6, 6.07) is 7.22. The number of allylic oxidation sites excluding steroid dienone is 1. The Bertz CT molecular complexity index is 721. The monoisotopic (exact) mass is 340 g/mol. The summed E-state index contributed by atoms with van der Waals surface area (Å²) in [6.45, 7) is 3.78. The fourth-order valence-electron chi connectivity index (χ4n) is 2.03. The number of halogens is 3. The summed E-state index contributed by atoms with van der Waals surface area (Å²) in [5, 5.41) is 2.70. The summed E-state index contributed by atoms with van der Waals surface area (Å²) in [7, 11) is 0. The van der Waals surface area contributed by atoms with E-state index in [0.717, 1.165) is 10.6 Å². The number of amides is 1. The van der Waals surface area contributed by atoms with Crippen LogP contribution in [-0.2, 0) is 11.2 Å². The van der Waals surface area contributed by atoms with E-state index in [2.05, 4.69) is 10.3 Å². The molecule has 1 aromatic carbocycles. The lowest BCUT2D eigenvalue weighted by Crippen LogP contribution is -2.16. The largest absolute Gasteiger partial charge is 0.417 e. The van der Waals surface area contributed by atoms with Gasteiger partial charge in [0.1, 0.15) is 0 Å². The van der Waals surface area contributed by atoms with E-state index >= 15 is 0 Å². The zero-order valence-corrected chi connectivity index (χ0v) is 13.4. The van der Waals surface area contributed by atoms with Gasteiger partial charge < -0.3 is 0 Å². The number of hydrogen-bond donors (Lipinski definition) is 1. The first-order chi connectivity index (χ1) is 10.8. The van der Waals surface area contributed by atoms with Gasteiger partial charge in [-0.25, -0.2) is 4.98 Å². The van der Waals surface area contributed by atoms with Gasteiger partial charge in [0.05, 0.1) is 11.3 Å². The van der Waals surface area contributed by atoms with Crippen LogP contribution in [0.3, 0.4) is 0 Å². The number of nitrogens with zero attached hydrogens (tertiary/aromatic N) is 1. The van der Waals surface area contributed by atoms with Crippen LogP contribution in [0.2, 0.25) is 0 Å². The molecule has 2 aromatic rings. The molecule has 3 nitrogen and oxygen atoms in total. The second kappa shape index (κ2) is 6.95. The highest BCUT2D eigenvalue weighted by Crippen LogP contribution is 2.33. The summed E-state index contributed by atoms with van der Waals surface area (Å²) in [4.78, 5) is 17.1. The minimum absolute atomic E-state index is 0.0558. The van der Waals surface area contributed by atoms with Crippen LogP contribution in [0.5, 0.6) is 0 Å². The van der Waals surface area contributed by atoms with Crippen LogP contribution in [0, 0.1) is 6.92 Å². The van der Waals surface area contributed by atoms with E-state index in [4.69, 9.17) is 0 Å². The van der Waals surface area contributed by atoms with Crippen LogP contribution in [0.4, 0.5) is 18.3 Å². The SMILES string of the molecule is CCc1nc(NC(=O)/C=C(/c2ccccc2)C(F)(F)F)sc1C. The first-order valence-electron chi connectivity index (χ1n) is 6.93. The maximum Gasteiger partial charge on any atom is 0.417 e. The Morgan fingerprint density at radius 3 is 2.48 bits per heavy atom. The van der Waals surface area contributed by atoms with Gasteiger partial charge in [-0.3, -0.25) is 10.1 Å². The molecule has 1 amide bonds. The number of carbonyl (C=O) groups excluding carboxylic acids is 1. The van der Waals surface area contributed by atoms with Crippen molar-refractivity contribution in [3.63, 3.8) is 0 Å². The molecule has 0 atom stereocenters. The molecule has 0 unspecified atom stereocenters. The Balaban J connectivity index is 2.26. The Labute approximate surface area is 135 Å². The summed E-state index contributed by atoms with van der Waals surface area (Å²) in [5.41, 5.74) is -0.215. The second-order valence-corrected chi connectivity index (χ2v) is 5.99. The minimum Gasteiger partial charge on any atom is -0.298 e. The number of carbonyl (C=O) groups is 1. The Morgan fingerprint density at radius 2 is 1.96 bits per heavy atom. The van der Waals surface area contributed by atoms with E-state index in [1.807, 2.05) is 13.8 Å². The molecule has 0 aliphatic rings. The van der Waals surface area contributed by atoms with E-state index in [1.54, 1.807) is 6.07 Å². The number of nitrogens with one attached hydrogen (secondary N) is 1. The first kappa shape index (κ1) is 17.2. The average Bonchev–Trinajstić information content (AvgIpc) is 2.84.